The number of aryl methyl sites for hydroxylation is 4. The summed E-state index contributed by atoms with van der Waals surface area (Å²) in [4.78, 5) is 20.5. The molecule has 10 nitrogen and oxygen atoms in total. The predicted octanol–water partition coefficient (Wildman–Crippen LogP) is 10.5. The zero-order valence-corrected chi connectivity index (χ0v) is 35.4. The van der Waals surface area contributed by atoms with Crippen molar-refractivity contribution in [3.63, 3.8) is 0 Å². The number of nitrogens with zero attached hydrogens (tertiary/aromatic N) is 6. The zero-order chi connectivity index (χ0) is 40.5. The number of benzene rings is 1. The molecule has 0 aliphatic rings. The Morgan fingerprint density at radius 3 is 2.09 bits per heavy atom. The van der Waals surface area contributed by atoms with Gasteiger partial charge in [0.1, 0.15) is 17.8 Å². The second kappa shape index (κ2) is 26.7. The number of unbranched alkanes of at least 4 members (excludes halogenated alkanes) is 12. The summed E-state index contributed by atoms with van der Waals surface area (Å²) in [7, 11) is 0. The van der Waals surface area contributed by atoms with Crippen LogP contribution in [-0.4, -0.2) is 57.4 Å². The number of rotatable bonds is 30. The molecule has 0 radical (unpaired) electrons. The molecule has 11 heteroatoms. The largest absolute Gasteiger partial charge is 0.424 e. The van der Waals surface area contributed by atoms with E-state index >= 15 is 0 Å². The Balaban J connectivity index is 0.818. The van der Waals surface area contributed by atoms with Gasteiger partial charge >= 0.3 is 5.97 Å². The van der Waals surface area contributed by atoms with Crippen molar-refractivity contribution in [2.24, 2.45) is 0 Å². The molecule has 0 spiro atoms. The predicted molar refractivity (Wildman–Crippen MR) is 231 cm³/mol. The quantitative estimate of drug-likeness (QED) is 0.0195. The highest BCUT2D eigenvalue weighted by Gasteiger charge is 2.19. The van der Waals surface area contributed by atoms with Crippen LogP contribution < -0.4 is 9.30 Å². The van der Waals surface area contributed by atoms with Crippen LogP contribution >= 0.6 is 11.6 Å². The highest BCUT2D eigenvalue weighted by Crippen LogP contribution is 2.39. The van der Waals surface area contributed by atoms with Gasteiger partial charge in [0.2, 0.25) is 0 Å². The lowest BCUT2D eigenvalue weighted by Crippen LogP contribution is -2.33. The summed E-state index contributed by atoms with van der Waals surface area (Å²) in [6.45, 7) is 6.56. The second-order valence-electron chi connectivity index (χ2n) is 15.3. The first-order chi connectivity index (χ1) is 28.6. The average Bonchev–Trinajstić information content (AvgIpc) is 3.71. The monoisotopic (exact) mass is 811 g/mol. The molecule has 0 unspecified atom stereocenters. The van der Waals surface area contributed by atoms with Crippen LogP contribution in [0, 0.1) is 0 Å². The normalized spacial score (nSPS) is 11.4. The van der Waals surface area contributed by atoms with E-state index in [4.69, 9.17) is 25.8 Å². The van der Waals surface area contributed by atoms with Gasteiger partial charge in [0, 0.05) is 81.9 Å². The summed E-state index contributed by atoms with van der Waals surface area (Å²) in [5.74, 6) is -0.0866. The molecule has 0 amide bonds. The fraction of sp³-hybridized carbons (Fsp3) is 0.532. The number of fused-ring (bicyclic) bond motifs is 1. The van der Waals surface area contributed by atoms with Gasteiger partial charge in [-0.3, -0.25) is 19.4 Å². The molecular weight excluding hydrogens is 748 g/mol. The molecule has 0 fully saturated rings. The maximum absolute atomic E-state index is 11.9. The van der Waals surface area contributed by atoms with Crippen molar-refractivity contribution in [1.29, 1.82) is 0 Å². The van der Waals surface area contributed by atoms with Crippen molar-refractivity contribution in [2.75, 3.05) is 26.4 Å². The maximum Gasteiger partial charge on any atom is 0.308 e. The number of carbonyl (C=O) groups is 1. The van der Waals surface area contributed by atoms with E-state index in [-0.39, 0.29) is 0 Å². The average molecular weight is 813 g/mol. The third kappa shape index (κ3) is 16.5. The second-order valence-corrected chi connectivity index (χ2v) is 15.7. The fourth-order valence-electron chi connectivity index (χ4n) is 7.26. The van der Waals surface area contributed by atoms with Gasteiger partial charge in [0.15, 0.2) is 18.1 Å². The number of hydrogen-bond donors (Lipinski definition) is 0. The van der Waals surface area contributed by atoms with Crippen LogP contribution in [-0.2, 0) is 40.2 Å². The van der Waals surface area contributed by atoms with Crippen molar-refractivity contribution < 1.29 is 23.6 Å². The maximum atomic E-state index is 11.9. The summed E-state index contributed by atoms with van der Waals surface area (Å²) in [5, 5.41) is 9.88. The number of esters is 1. The minimum absolute atomic E-state index is 0.346. The minimum atomic E-state index is -0.432. The molecule has 58 heavy (non-hydrogen) atoms. The molecule has 0 saturated carbocycles. The van der Waals surface area contributed by atoms with Gasteiger partial charge in [0.05, 0.1) is 16.8 Å². The lowest BCUT2D eigenvalue weighted by molar-refractivity contribution is -0.697. The zero-order valence-electron chi connectivity index (χ0n) is 34.7. The third-order valence-corrected chi connectivity index (χ3v) is 10.7. The van der Waals surface area contributed by atoms with Crippen molar-refractivity contribution in [3.8, 4) is 17.0 Å². The molecular formula is C47H64ClN6O4+. The Labute approximate surface area is 350 Å². The lowest BCUT2D eigenvalue weighted by Gasteiger charge is -2.11. The Bertz CT molecular complexity index is 1910. The number of aromatic nitrogens is 6. The van der Waals surface area contributed by atoms with Crippen LogP contribution in [0.15, 0.2) is 79.6 Å². The van der Waals surface area contributed by atoms with E-state index in [0.717, 1.165) is 90.9 Å². The van der Waals surface area contributed by atoms with Crippen LogP contribution in [0.4, 0.5) is 0 Å². The molecule has 0 atom stereocenters. The smallest absolute Gasteiger partial charge is 0.308 e. The molecule has 4 heterocycles. The Morgan fingerprint density at radius 2 is 1.38 bits per heavy atom. The van der Waals surface area contributed by atoms with Crippen molar-refractivity contribution in [2.45, 2.75) is 136 Å². The fourth-order valence-corrected chi connectivity index (χ4v) is 7.52. The summed E-state index contributed by atoms with van der Waals surface area (Å²) in [5.41, 5.74) is 4.38. The van der Waals surface area contributed by atoms with Crippen LogP contribution in [0.25, 0.3) is 22.2 Å². The highest BCUT2D eigenvalue weighted by molar-refractivity contribution is 6.36. The summed E-state index contributed by atoms with van der Waals surface area (Å²) >= 11 is 6.54. The Morgan fingerprint density at radius 1 is 0.741 bits per heavy atom. The molecule has 4 aromatic heterocycles. The van der Waals surface area contributed by atoms with E-state index in [2.05, 4.69) is 55.4 Å². The van der Waals surface area contributed by atoms with Crippen molar-refractivity contribution in [1.82, 2.24) is 25.0 Å². The van der Waals surface area contributed by atoms with Gasteiger partial charge in [0.25, 0.3) is 0 Å². The summed E-state index contributed by atoms with van der Waals surface area (Å²) in [6.07, 6.45) is 33.4. The van der Waals surface area contributed by atoms with Gasteiger partial charge in [-0.15, -0.1) is 5.10 Å². The van der Waals surface area contributed by atoms with E-state index in [1.54, 1.807) is 18.3 Å². The molecule has 312 valence electrons. The van der Waals surface area contributed by atoms with Crippen molar-refractivity contribution in [3.05, 3.63) is 95.8 Å². The van der Waals surface area contributed by atoms with Gasteiger partial charge in [-0.1, -0.05) is 80.7 Å². The van der Waals surface area contributed by atoms with E-state index in [9.17, 15) is 4.79 Å². The van der Waals surface area contributed by atoms with Gasteiger partial charge in [-0.2, -0.15) is 0 Å². The molecule has 0 bridgehead atoms. The summed E-state index contributed by atoms with van der Waals surface area (Å²) in [6, 6.07) is 14.0. The third-order valence-electron chi connectivity index (χ3n) is 10.4. The van der Waals surface area contributed by atoms with Gasteiger partial charge in [-0.05, 0) is 87.3 Å². The van der Waals surface area contributed by atoms with E-state index in [1.807, 2.05) is 35.4 Å². The van der Waals surface area contributed by atoms with Gasteiger partial charge in [-0.25, -0.2) is 4.57 Å². The molecule has 0 aliphatic carbocycles. The van der Waals surface area contributed by atoms with Crippen molar-refractivity contribution >= 4 is 28.5 Å². The van der Waals surface area contributed by atoms with Crippen LogP contribution in [0.2, 0.25) is 5.02 Å². The number of hydrogen-bond acceptors (Lipinski definition) is 8. The topological polar surface area (TPSA) is 105 Å². The molecule has 1 aromatic carbocycles. The molecule has 0 saturated heterocycles. The highest BCUT2D eigenvalue weighted by atomic mass is 35.5. The number of halogens is 1. The van der Waals surface area contributed by atoms with Crippen LogP contribution in [0.3, 0.4) is 0 Å². The molecule has 0 aliphatic heterocycles. The van der Waals surface area contributed by atoms with Crippen LogP contribution in [0.5, 0.6) is 5.75 Å². The summed E-state index contributed by atoms with van der Waals surface area (Å²) < 4.78 is 21.5. The van der Waals surface area contributed by atoms with E-state index in [0.29, 0.717) is 32.9 Å². The van der Waals surface area contributed by atoms with Crippen LogP contribution in [0.1, 0.15) is 121 Å². The molecule has 0 N–H and O–H groups in total. The SMILES string of the molecule is CC(=O)Oc1c(-c2cn(CCCCCCOCCCc3ccc[n+](CCCCCCCCCCCCOCCCc4cccnc4)c3)nn2)cc(Cl)c2cccnc12. The Hall–Kier alpha value is -4.25. The number of carbonyl (C=O) groups excluding carboxylic acids is 1. The lowest BCUT2D eigenvalue weighted by atomic mass is 10.1. The van der Waals surface area contributed by atoms with E-state index < -0.39 is 5.97 Å². The number of ether oxygens (including phenoxy) is 3. The first kappa shape index (κ1) is 44.8. The number of pyridine rings is 3. The first-order valence-electron chi connectivity index (χ1n) is 21.8. The molecule has 5 rings (SSSR count). The standard InChI is InChI=1S/C47H64ClN6O4/c1-39(55)58-47-43(35-44(48)42-25-17-27-50-46(42)47)45-38-54(52-51-45)30-13-9-11-15-32-57-34-20-24-41-22-18-29-53(37-41)28-12-8-6-4-2-3-5-7-10-14-31-56-33-19-23-40-21-16-26-49-36-40/h16-18,21-22,25-27,29,35-38H,2-15,19-20,23-24,28,30-34H2,1H3/q+1. The first-order valence-corrected chi connectivity index (χ1v) is 22.1. The van der Waals surface area contributed by atoms with Gasteiger partial charge < -0.3 is 14.2 Å². The van der Waals surface area contributed by atoms with E-state index in [1.165, 1.54) is 82.3 Å². The molecule has 5 aromatic rings. The minimum Gasteiger partial charge on any atom is -0.424 e. The Kier molecular flexibility index (Phi) is 20.6.